The SMILES string of the molecule is C[C@@H](NC(=O)N1CCCCC1c1cc(F)c(O)cc1O)c1ccccc1. The molecule has 0 aliphatic carbocycles. The van der Waals surface area contributed by atoms with E-state index in [2.05, 4.69) is 5.32 Å². The molecule has 1 unspecified atom stereocenters. The van der Waals surface area contributed by atoms with E-state index in [9.17, 15) is 19.4 Å². The number of nitrogens with zero attached hydrogens (tertiary/aromatic N) is 1. The lowest BCUT2D eigenvalue weighted by molar-refractivity contribution is 0.147. The third-order valence-corrected chi connectivity index (χ3v) is 4.86. The van der Waals surface area contributed by atoms with Crippen LogP contribution < -0.4 is 5.32 Å². The molecule has 3 N–H and O–H groups in total. The summed E-state index contributed by atoms with van der Waals surface area (Å²) >= 11 is 0. The van der Waals surface area contributed by atoms with E-state index in [1.807, 2.05) is 37.3 Å². The second-order valence-electron chi connectivity index (χ2n) is 6.65. The van der Waals surface area contributed by atoms with E-state index in [1.165, 1.54) is 0 Å². The number of carbonyl (C=O) groups is 1. The van der Waals surface area contributed by atoms with E-state index in [0.717, 1.165) is 30.5 Å². The number of urea groups is 1. The Morgan fingerprint density at radius 1 is 1.19 bits per heavy atom. The smallest absolute Gasteiger partial charge is 0.318 e. The van der Waals surface area contributed by atoms with Crippen LogP contribution in [0.3, 0.4) is 0 Å². The normalized spacial score (nSPS) is 18.4. The maximum absolute atomic E-state index is 13.8. The first-order chi connectivity index (χ1) is 12.5. The van der Waals surface area contributed by atoms with Crippen LogP contribution in [0.1, 0.15) is 49.4 Å². The van der Waals surface area contributed by atoms with Gasteiger partial charge in [-0.1, -0.05) is 30.3 Å². The van der Waals surface area contributed by atoms with Crippen LogP contribution in [0.5, 0.6) is 11.5 Å². The molecule has 0 spiro atoms. The fourth-order valence-corrected chi connectivity index (χ4v) is 3.42. The Balaban J connectivity index is 1.81. The Morgan fingerprint density at radius 3 is 2.65 bits per heavy atom. The summed E-state index contributed by atoms with van der Waals surface area (Å²) in [6.07, 6.45) is 2.36. The average Bonchev–Trinajstić information content (AvgIpc) is 2.65. The topological polar surface area (TPSA) is 72.8 Å². The fraction of sp³-hybridized carbons (Fsp3) is 0.350. The maximum Gasteiger partial charge on any atom is 0.318 e. The molecule has 0 bridgehead atoms. The highest BCUT2D eigenvalue weighted by Crippen LogP contribution is 2.38. The highest BCUT2D eigenvalue weighted by atomic mass is 19.1. The van der Waals surface area contributed by atoms with Crippen LogP contribution in [0.2, 0.25) is 0 Å². The summed E-state index contributed by atoms with van der Waals surface area (Å²) in [6.45, 7) is 2.43. The van der Waals surface area contributed by atoms with Crippen molar-refractivity contribution in [2.45, 2.75) is 38.3 Å². The number of aromatic hydroxyl groups is 2. The van der Waals surface area contributed by atoms with Gasteiger partial charge in [0, 0.05) is 18.2 Å². The van der Waals surface area contributed by atoms with Crippen molar-refractivity contribution in [1.29, 1.82) is 0 Å². The second kappa shape index (κ2) is 7.64. The number of benzene rings is 2. The van der Waals surface area contributed by atoms with E-state index in [1.54, 1.807) is 4.90 Å². The number of piperidine rings is 1. The van der Waals surface area contributed by atoms with Crippen LogP contribution >= 0.6 is 0 Å². The van der Waals surface area contributed by atoms with Crippen molar-refractivity contribution in [2.75, 3.05) is 6.54 Å². The van der Waals surface area contributed by atoms with E-state index >= 15 is 0 Å². The Morgan fingerprint density at radius 2 is 1.92 bits per heavy atom. The summed E-state index contributed by atoms with van der Waals surface area (Å²) in [7, 11) is 0. The third-order valence-electron chi connectivity index (χ3n) is 4.86. The van der Waals surface area contributed by atoms with Gasteiger partial charge in [0.15, 0.2) is 11.6 Å². The Labute approximate surface area is 152 Å². The molecule has 3 rings (SSSR count). The van der Waals surface area contributed by atoms with Crippen LogP contribution in [0.4, 0.5) is 9.18 Å². The predicted octanol–water partition coefficient (Wildman–Crippen LogP) is 4.23. The Kier molecular flexibility index (Phi) is 5.30. The molecule has 26 heavy (non-hydrogen) atoms. The average molecular weight is 358 g/mol. The minimum Gasteiger partial charge on any atom is -0.507 e. The van der Waals surface area contributed by atoms with Gasteiger partial charge in [-0.3, -0.25) is 0 Å². The van der Waals surface area contributed by atoms with Crippen LogP contribution in [-0.4, -0.2) is 27.7 Å². The number of amides is 2. The Bertz CT molecular complexity index is 782. The number of carbonyl (C=O) groups excluding carboxylic acids is 1. The quantitative estimate of drug-likeness (QED) is 0.769. The summed E-state index contributed by atoms with van der Waals surface area (Å²) in [4.78, 5) is 14.5. The van der Waals surface area contributed by atoms with Gasteiger partial charge in [-0.25, -0.2) is 9.18 Å². The van der Waals surface area contributed by atoms with Gasteiger partial charge in [-0.15, -0.1) is 0 Å². The van der Waals surface area contributed by atoms with Gasteiger partial charge >= 0.3 is 6.03 Å². The number of nitrogens with one attached hydrogen (secondary N) is 1. The van der Waals surface area contributed by atoms with Gasteiger partial charge < -0.3 is 20.4 Å². The first-order valence-electron chi connectivity index (χ1n) is 8.81. The molecule has 138 valence electrons. The minimum absolute atomic E-state index is 0.170. The van der Waals surface area contributed by atoms with Crippen molar-refractivity contribution < 1.29 is 19.4 Å². The lowest BCUT2D eigenvalue weighted by Crippen LogP contribution is -2.45. The number of phenolic OH excluding ortho intramolecular Hbond substituents is 2. The maximum atomic E-state index is 13.8. The molecule has 0 radical (unpaired) electrons. The van der Waals surface area contributed by atoms with Gasteiger partial charge in [0.1, 0.15) is 5.75 Å². The van der Waals surface area contributed by atoms with Crippen molar-refractivity contribution in [3.8, 4) is 11.5 Å². The molecule has 0 saturated carbocycles. The summed E-state index contributed by atoms with van der Waals surface area (Å²) in [5.41, 5.74) is 1.32. The highest BCUT2D eigenvalue weighted by molar-refractivity contribution is 5.75. The summed E-state index contributed by atoms with van der Waals surface area (Å²) in [6, 6.07) is 10.9. The summed E-state index contributed by atoms with van der Waals surface area (Å²) < 4.78 is 13.8. The molecule has 5 nitrogen and oxygen atoms in total. The van der Waals surface area contributed by atoms with E-state index in [-0.39, 0.29) is 17.8 Å². The Hall–Kier alpha value is -2.76. The summed E-state index contributed by atoms with van der Waals surface area (Å²) in [5, 5.41) is 22.5. The van der Waals surface area contributed by atoms with Crippen molar-refractivity contribution in [1.82, 2.24) is 10.2 Å². The summed E-state index contributed by atoms with van der Waals surface area (Å²) in [5.74, 6) is -1.61. The molecule has 1 aliphatic heterocycles. The van der Waals surface area contributed by atoms with Gasteiger partial charge in [0.25, 0.3) is 0 Å². The first-order valence-corrected chi connectivity index (χ1v) is 8.81. The number of hydrogen-bond acceptors (Lipinski definition) is 3. The molecule has 1 heterocycles. The molecule has 2 aromatic rings. The number of hydrogen-bond donors (Lipinski definition) is 3. The molecule has 6 heteroatoms. The zero-order chi connectivity index (χ0) is 18.7. The predicted molar refractivity (Wildman–Crippen MR) is 96.4 cm³/mol. The molecule has 1 aliphatic rings. The van der Waals surface area contributed by atoms with E-state index < -0.39 is 17.6 Å². The van der Waals surface area contributed by atoms with Crippen LogP contribution in [0.25, 0.3) is 0 Å². The first kappa shape index (κ1) is 18.0. The molecular formula is C20H23FN2O3. The van der Waals surface area contributed by atoms with Crippen LogP contribution in [0, 0.1) is 5.82 Å². The van der Waals surface area contributed by atoms with Crippen molar-refractivity contribution in [2.24, 2.45) is 0 Å². The number of likely N-dealkylation sites (tertiary alicyclic amines) is 1. The lowest BCUT2D eigenvalue weighted by Gasteiger charge is -2.37. The van der Waals surface area contributed by atoms with E-state index in [0.29, 0.717) is 18.5 Å². The zero-order valence-corrected chi connectivity index (χ0v) is 14.7. The molecule has 2 atom stereocenters. The second-order valence-corrected chi connectivity index (χ2v) is 6.65. The molecule has 2 aromatic carbocycles. The molecule has 2 amide bonds. The highest BCUT2D eigenvalue weighted by Gasteiger charge is 2.31. The van der Waals surface area contributed by atoms with Crippen molar-refractivity contribution >= 4 is 6.03 Å². The fourth-order valence-electron chi connectivity index (χ4n) is 3.42. The van der Waals surface area contributed by atoms with Crippen LogP contribution in [0.15, 0.2) is 42.5 Å². The minimum atomic E-state index is -0.804. The van der Waals surface area contributed by atoms with E-state index in [4.69, 9.17) is 0 Å². The number of phenols is 2. The third kappa shape index (κ3) is 3.74. The molecule has 0 aromatic heterocycles. The zero-order valence-electron chi connectivity index (χ0n) is 14.7. The van der Waals surface area contributed by atoms with Crippen LogP contribution in [-0.2, 0) is 0 Å². The molecule has 1 fully saturated rings. The van der Waals surface area contributed by atoms with Gasteiger partial charge in [-0.05, 0) is 37.8 Å². The number of rotatable bonds is 3. The molecule has 1 saturated heterocycles. The standard InChI is InChI=1S/C20H23FN2O3/c1-13(14-7-3-2-4-8-14)22-20(26)23-10-6-5-9-17(23)15-11-16(21)19(25)12-18(15)24/h2-4,7-8,11-13,17,24-25H,5-6,9-10H2,1H3,(H,22,26)/t13-,17?/m1/s1. The van der Waals surface area contributed by atoms with Crippen molar-refractivity contribution in [3.63, 3.8) is 0 Å². The monoisotopic (exact) mass is 358 g/mol. The lowest BCUT2D eigenvalue weighted by atomic mass is 9.94. The largest absolute Gasteiger partial charge is 0.507 e. The van der Waals surface area contributed by atoms with Gasteiger partial charge in [-0.2, -0.15) is 0 Å². The molecular weight excluding hydrogens is 335 g/mol. The van der Waals surface area contributed by atoms with Gasteiger partial charge in [0.2, 0.25) is 0 Å². The number of halogens is 1. The van der Waals surface area contributed by atoms with Crippen molar-refractivity contribution in [3.05, 3.63) is 59.4 Å². The van der Waals surface area contributed by atoms with Gasteiger partial charge in [0.05, 0.1) is 12.1 Å².